The van der Waals surface area contributed by atoms with E-state index >= 15 is 0 Å². The molecule has 3 fully saturated rings. The van der Waals surface area contributed by atoms with Gasteiger partial charge < -0.3 is 73.3 Å². The molecule has 0 aliphatic carbocycles. The van der Waals surface area contributed by atoms with Gasteiger partial charge in [0.2, 0.25) is 20.8 Å². The molecule has 0 spiro atoms. The molecule has 0 bridgehead atoms. The zero-order valence-electron chi connectivity index (χ0n) is 25.2. The second-order valence-corrected chi connectivity index (χ2v) is 12.2. The third-order valence-corrected chi connectivity index (χ3v) is 7.80. The third kappa shape index (κ3) is 11.9. The fourth-order valence-corrected chi connectivity index (χ4v) is 5.52. The monoisotopic (exact) mass is 734 g/mol. The Kier molecular flexibility index (Phi) is 18.9. The first-order chi connectivity index (χ1) is 20.4. The maximum absolute atomic E-state index is 11.3. The number of aliphatic hydroxyl groups is 7. The van der Waals surface area contributed by atoms with Crippen molar-refractivity contribution in [3.8, 4) is 0 Å². The summed E-state index contributed by atoms with van der Waals surface area (Å²) < 4.78 is 108. The van der Waals surface area contributed by atoms with Gasteiger partial charge in [0.1, 0.15) is 67.1 Å². The van der Waals surface area contributed by atoms with E-state index in [0.29, 0.717) is 6.42 Å². The fourth-order valence-electron chi connectivity index (χ4n) is 4.72. The normalized spacial score (nSPS) is 42.1. The zero-order chi connectivity index (χ0) is 33.1. The van der Waals surface area contributed by atoms with E-state index in [1.807, 2.05) is 0 Å². The van der Waals surface area contributed by atoms with Crippen LogP contribution >= 0.6 is 0 Å². The molecule has 0 unspecified atom stereocenters. The molecule has 3 aliphatic rings. The van der Waals surface area contributed by atoms with Gasteiger partial charge >= 0.3 is 59.1 Å². The average Bonchev–Trinajstić information content (AvgIpc) is 2.93. The number of hydrogen-bond donors (Lipinski definition) is 7. The molecule has 260 valence electrons. The first kappa shape index (κ1) is 45.2. The van der Waals surface area contributed by atoms with Crippen molar-refractivity contribution >= 4 is 20.8 Å². The quantitative estimate of drug-likeness (QED) is 0.0524. The van der Waals surface area contributed by atoms with Crippen molar-refractivity contribution in [3.63, 3.8) is 0 Å². The van der Waals surface area contributed by atoms with Gasteiger partial charge in [0, 0.05) is 6.61 Å². The minimum atomic E-state index is -5.64. The Balaban J connectivity index is 0.00000529. The second kappa shape index (κ2) is 19.2. The van der Waals surface area contributed by atoms with Crippen LogP contribution in [0.4, 0.5) is 0 Å². The summed E-state index contributed by atoms with van der Waals surface area (Å²) in [6.07, 6.45) is -27.4. The summed E-state index contributed by atoms with van der Waals surface area (Å²) in [5.74, 6) is 0. The minimum Gasteiger partial charge on any atom is -0.726 e. The largest absolute Gasteiger partial charge is 1.00 e. The van der Waals surface area contributed by atoms with E-state index in [-0.39, 0.29) is 65.7 Å². The first-order valence-electron chi connectivity index (χ1n) is 13.2. The SMILES string of the molecule is CCCO[C@@H]1O[C@H](CO)[C@@H](O[C@@H]2O[C@@H](C)[C@@H](O)[C@@H](O)[C@@H]2O)[C@H](O[C@@H]2O[C@H](COS(=O)(=O)[O-])[C@H](O)[C@H](OS(=O)(=O)[O-])[C@H]2O)[C@H]1O.[Na+].[Na+]. The maximum atomic E-state index is 11.3. The van der Waals surface area contributed by atoms with Crippen LogP contribution in [0.1, 0.15) is 20.3 Å². The minimum absolute atomic E-state index is 0. The van der Waals surface area contributed by atoms with Crippen LogP contribution in [-0.4, -0.2) is 174 Å². The molecule has 3 heterocycles. The Morgan fingerprint density at radius 1 is 0.674 bits per heavy atom. The molecule has 46 heavy (non-hydrogen) atoms. The Morgan fingerprint density at radius 3 is 1.76 bits per heavy atom. The molecule has 25 heteroatoms. The van der Waals surface area contributed by atoms with Crippen molar-refractivity contribution in [3.05, 3.63) is 0 Å². The summed E-state index contributed by atoms with van der Waals surface area (Å²) in [6, 6.07) is 0. The van der Waals surface area contributed by atoms with Crippen LogP contribution in [0.5, 0.6) is 0 Å². The molecule has 15 atom stereocenters. The number of aliphatic hydroxyl groups excluding tert-OH is 7. The molecule has 0 amide bonds. The first-order valence-corrected chi connectivity index (χ1v) is 15.9. The van der Waals surface area contributed by atoms with Gasteiger partial charge in [-0.15, -0.1) is 0 Å². The number of rotatable bonds is 13. The summed E-state index contributed by atoms with van der Waals surface area (Å²) in [6.45, 7) is 0.918. The van der Waals surface area contributed by atoms with Crippen molar-refractivity contribution in [1.29, 1.82) is 0 Å². The Hall–Kier alpha value is 1.22. The van der Waals surface area contributed by atoms with E-state index in [9.17, 15) is 61.7 Å². The predicted octanol–water partition coefficient (Wildman–Crippen LogP) is -12.1. The van der Waals surface area contributed by atoms with Gasteiger partial charge in [-0.05, 0) is 13.3 Å². The zero-order valence-corrected chi connectivity index (χ0v) is 30.8. The van der Waals surface area contributed by atoms with Gasteiger partial charge in [-0.1, -0.05) is 6.92 Å². The van der Waals surface area contributed by atoms with Gasteiger partial charge in [0.15, 0.2) is 18.9 Å². The molecule has 3 saturated heterocycles. The smallest absolute Gasteiger partial charge is 0.726 e. The summed E-state index contributed by atoms with van der Waals surface area (Å²) in [4.78, 5) is 0. The van der Waals surface area contributed by atoms with E-state index in [0.717, 1.165) is 0 Å². The molecule has 0 saturated carbocycles. The van der Waals surface area contributed by atoms with Gasteiger partial charge in [0.05, 0.1) is 19.3 Å². The summed E-state index contributed by atoms with van der Waals surface area (Å²) in [5.41, 5.74) is 0. The Morgan fingerprint density at radius 2 is 1.22 bits per heavy atom. The molecular weight excluding hydrogens is 698 g/mol. The third-order valence-electron chi connectivity index (χ3n) is 6.92. The van der Waals surface area contributed by atoms with Crippen LogP contribution in [0.3, 0.4) is 0 Å². The van der Waals surface area contributed by atoms with Crippen LogP contribution < -0.4 is 59.1 Å². The standard InChI is InChI=1S/C21H38O21S2.2Na/c1-3-4-35-19-15(28)18(16(8(5-22)38-19)40-20-13(26)12(25)10(23)7(2)37-20)41-21-14(27)17(42-44(32,33)34)11(24)9(39-21)6-36-43(29,30)31;;/h7-28H,3-6H2,1-2H3,(H,29,30,31)(H,32,33,34);;/q;2*+1/p-2/t7-,8+,9+,10+,11-,12+,13-,14+,15+,16+,17-,18+,19+,20-,21-;;/m0../s1. The topological polar surface area (TPSA) is 330 Å². The van der Waals surface area contributed by atoms with Gasteiger partial charge in [-0.3, -0.25) is 8.37 Å². The van der Waals surface area contributed by atoms with Crippen molar-refractivity contribution in [2.24, 2.45) is 0 Å². The average molecular weight is 735 g/mol. The molecule has 0 aromatic carbocycles. The Labute approximate surface area is 308 Å². The van der Waals surface area contributed by atoms with Crippen molar-refractivity contribution in [1.82, 2.24) is 0 Å². The molecular formula is C21H36Na2O21S2. The summed E-state index contributed by atoms with van der Waals surface area (Å²) in [7, 11) is -11.0. The summed E-state index contributed by atoms with van der Waals surface area (Å²) >= 11 is 0. The molecule has 0 aromatic rings. The predicted molar refractivity (Wildman–Crippen MR) is 131 cm³/mol. The number of hydrogen-bond acceptors (Lipinski definition) is 21. The molecule has 21 nitrogen and oxygen atoms in total. The van der Waals surface area contributed by atoms with Gasteiger partial charge in [0.25, 0.3) is 0 Å². The second-order valence-electron chi connectivity index (χ2n) is 10.2. The van der Waals surface area contributed by atoms with E-state index in [1.165, 1.54) is 6.92 Å². The van der Waals surface area contributed by atoms with Gasteiger partial charge in [-0.25, -0.2) is 16.8 Å². The fraction of sp³-hybridized carbons (Fsp3) is 1.00. The van der Waals surface area contributed by atoms with Crippen molar-refractivity contribution < 1.29 is 158 Å². The molecule has 3 rings (SSSR count). The van der Waals surface area contributed by atoms with Crippen LogP contribution in [-0.2, 0) is 57.6 Å². The van der Waals surface area contributed by atoms with E-state index in [2.05, 4.69) is 8.37 Å². The molecule has 7 N–H and O–H groups in total. The van der Waals surface area contributed by atoms with E-state index < -0.39 is 126 Å². The van der Waals surface area contributed by atoms with Crippen LogP contribution in [0, 0.1) is 0 Å². The van der Waals surface area contributed by atoms with Gasteiger partial charge in [-0.2, -0.15) is 0 Å². The van der Waals surface area contributed by atoms with Crippen molar-refractivity contribution in [2.45, 2.75) is 112 Å². The van der Waals surface area contributed by atoms with Crippen LogP contribution in [0.25, 0.3) is 0 Å². The van der Waals surface area contributed by atoms with Crippen LogP contribution in [0.15, 0.2) is 0 Å². The van der Waals surface area contributed by atoms with E-state index in [1.54, 1.807) is 6.92 Å². The number of ether oxygens (including phenoxy) is 6. The van der Waals surface area contributed by atoms with E-state index in [4.69, 9.17) is 28.4 Å². The summed E-state index contributed by atoms with van der Waals surface area (Å²) in [5, 5.41) is 73.1. The van der Waals surface area contributed by atoms with Crippen molar-refractivity contribution in [2.75, 3.05) is 19.8 Å². The Bertz CT molecular complexity index is 1130. The molecule has 0 radical (unpaired) electrons. The molecule has 3 aliphatic heterocycles. The maximum Gasteiger partial charge on any atom is 1.00 e. The van der Waals surface area contributed by atoms with Crippen LogP contribution in [0.2, 0.25) is 0 Å². The molecule has 0 aromatic heterocycles.